The van der Waals surface area contributed by atoms with Gasteiger partial charge in [0.05, 0.1) is 11.1 Å². The van der Waals surface area contributed by atoms with E-state index in [9.17, 15) is 28.8 Å². The zero-order valence-electron chi connectivity index (χ0n) is 18.9. The lowest BCUT2D eigenvalue weighted by molar-refractivity contribution is 0.0397. The van der Waals surface area contributed by atoms with Gasteiger partial charge in [0.15, 0.2) is 23.1 Å². The first kappa shape index (κ1) is 22.2. The molecule has 0 atom stereocenters. The number of benzene rings is 4. The molecule has 0 radical (unpaired) electrons. The molecule has 7 nitrogen and oxygen atoms in total. The van der Waals surface area contributed by atoms with E-state index >= 15 is 0 Å². The number of esters is 2. The van der Waals surface area contributed by atoms with Gasteiger partial charge in [-0.3, -0.25) is 19.2 Å². The standard InChI is InChI=1S/C30H14O7/c31-25-17-5-1-3-7-19(17)27(33)23-13-15(9-11-21(23)25)29(35)37-30(36)16-10-12-22-24(14-16)28(34)20-8-4-2-6-18(20)26(22)32/h1-14H. The Labute approximate surface area is 209 Å². The van der Waals surface area contributed by atoms with Gasteiger partial charge < -0.3 is 4.74 Å². The number of ether oxygens (including phenoxy) is 1. The Balaban J connectivity index is 1.27. The summed E-state index contributed by atoms with van der Waals surface area (Å²) in [4.78, 5) is 76.9. The maximum Gasteiger partial charge on any atom is 0.346 e. The highest BCUT2D eigenvalue weighted by Gasteiger charge is 2.32. The van der Waals surface area contributed by atoms with Crippen molar-refractivity contribution < 1.29 is 33.5 Å². The Kier molecular flexibility index (Phi) is 4.88. The Morgan fingerprint density at radius 3 is 1.05 bits per heavy atom. The van der Waals surface area contributed by atoms with Gasteiger partial charge in [-0.05, 0) is 36.4 Å². The van der Waals surface area contributed by atoms with Crippen LogP contribution in [0.5, 0.6) is 0 Å². The summed E-state index contributed by atoms with van der Waals surface area (Å²) in [6, 6.07) is 20.6. The molecule has 2 aliphatic rings. The number of ketones is 4. The van der Waals surface area contributed by atoms with E-state index in [1.807, 2.05) is 0 Å². The molecule has 0 amide bonds. The molecular formula is C30H14O7. The second-order valence-corrected chi connectivity index (χ2v) is 8.61. The van der Waals surface area contributed by atoms with Crippen LogP contribution in [0.1, 0.15) is 84.4 Å². The average molecular weight is 486 g/mol. The smallest absolute Gasteiger partial charge is 0.346 e. The third-order valence-electron chi connectivity index (χ3n) is 6.51. The summed E-state index contributed by atoms with van der Waals surface area (Å²) in [7, 11) is 0. The molecule has 0 spiro atoms. The highest BCUT2D eigenvalue weighted by atomic mass is 16.6. The van der Waals surface area contributed by atoms with Crippen LogP contribution in [0.15, 0.2) is 84.9 Å². The van der Waals surface area contributed by atoms with Crippen molar-refractivity contribution in [1.82, 2.24) is 0 Å². The van der Waals surface area contributed by atoms with Crippen LogP contribution in [-0.4, -0.2) is 35.1 Å². The predicted octanol–water partition coefficient (Wildman–Crippen LogP) is 4.23. The molecule has 0 N–H and O–H groups in total. The van der Waals surface area contributed by atoms with E-state index in [1.165, 1.54) is 48.5 Å². The van der Waals surface area contributed by atoms with Crippen molar-refractivity contribution in [3.63, 3.8) is 0 Å². The van der Waals surface area contributed by atoms with E-state index in [-0.39, 0.29) is 67.2 Å². The molecule has 0 saturated heterocycles. The highest BCUT2D eigenvalue weighted by molar-refractivity contribution is 6.29. The van der Waals surface area contributed by atoms with Crippen molar-refractivity contribution in [2.75, 3.05) is 0 Å². The van der Waals surface area contributed by atoms with E-state index in [0.29, 0.717) is 0 Å². The molecule has 0 aliphatic heterocycles. The van der Waals surface area contributed by atoms with Crippen LogP contribution in [-0.2, 0) is 4.74 Å². The molecule has 7 heteroatoms. The summed E-state index contributed by atoms with van der Waals surface area (Å²) in [6.45, 7) is 0. The molecule has 4 aromatic rings. The molecule has 0 heterocycles. The largest absolute Gasteiger partial charge is 0.386 e. The molecule has 4 aromatic carbocycles. The Morgan fingerprint density at radius 2 is 0.703 bits per heavy atom. The molecule has 6 rings (SSSR count). The maximum absolute atomic E-state index is 12.9. The number of fused-ring (bicyclic) bond motifs is 4. The molecular weight excluding hydrogens is 472 g/mol. The monoisotopic (exact) mass is 486 g/mol. The van der Waals surface area contributed by atoms with Crippen LogP contribution < -0.4 is 0 Å². The molecule has 0 fully saturated rings. The van der Waals surface area contributed by atoms with E-state index in [2.05, 4.69) is 0 Å². The molecule has 37 heavy (non-hydrogen) atoms. The van der Waals surface area contributed by atoms with Gasteiger partial charge in [0.25, 0.3) is 0 Å². The number of hydrogen-bond donors (Lipinski definition) is 0. The van der Waals surface area contributed by atoms with Gasteiger partial charge in [0.1, 0.15) is 0 Å². The topological polar surface area (TPSA) is 112 Å². The highest BCUT2D eigenvalue weighted by Crippen LogP contribution is 2.30. The molecule has 176 valence electrons. The van der Waals surface area contributed by atoms with Gasteiger partial charge in [-0.15, -0.1) is 0 Å². The Bertz CT molecular complexity index is 1630. The fourth-order valence-corrected chi connectivity index (χ4v) is 4.65. The van der Waals surface area contributed by atoms with Crippen LogP contribution >= 0.6 is 0 Å². The van der Waals surface area contributed by atoms with E-state index in [1.54, 1.807) is 36.4 Å². The third kappa shape index (κ3) is 3.36. The third-order valence-corrected chi connectivity index (χ3v) is 6.51. The lowest BCUT2D eigenvalue weighted by Gasteiger charge is -2.18. The van der Waals surface area contributed by atoms with Crippen LogP contribution in [0.25, 0.3) is 0 Å². The zero-order valence-corrected chi connectivity index (χ0v) is 18.9. The molecule has 0 bridgehead atoms. The molecule has 2 aliphatic carbocycles. The van der Waals surface area contributed by atoms with Gasteiger partial charge in [-0.25, -0.2) is 9.59 Å². The van der Waals surface area contributed by atoms with E-state index in [4.69, 9.17) is 4.74 Å². The van der Waals surface area contributed by atoms with Crippen molar-refractivity contribution in [2.45, 2.75) is 0 Å². The lowest BCUT2D eigenvalue weighted by Crippen LogP contribution is -2.23. The van der Waals surface area contributed by atoms with E-state index < -0.39 is 23.5 Å². The number of carbonyl (C=O) groups is 6. The molecule has 0 unspecified atom stereocenters. The average Bonchev–Trinajstić information content (AvgIpc) is 2.94. The minimum absolute atomic E-state index is 0.0437. The van der Waals surface area contributed by atoms with Gasteiger partial charge in [0.2, 0.25) is 0 Å². The maximum atomic E-state index is 12.9. The van der Waals surface area contributed by atoms with Crippen LogP contribution in [0.3, 0.4) is 0 Å². The zero-order chi connectivity index (χ0) is 25.8. The molecule has 0 saturated carbocycles. The Morgan fingerprint density at radius 1 is 0.405 bits per heavy atom. The van der Waals surface area contributed by atoms with Crippen molar-refractivity contribution in [3.05, 3.63) is 141 Å². The fourth-order valence-electron chi connectivity index (χ4n) is 4.65. The molecule has 0 aromatic heterocycles. The summed E-state index contributed by atoms with van der Waals surface area (Å²) in [5.74, 6) is -3.56. The van der Waals surface area contributed by atoms with Crippen molar-refractivity contribution in [3.8, 4) is 0 Å². The summed E-state index contributed by atoms with van der Waals surface area (Å²) in [5, 5.41) is 0. The summed E-state index contributed by atoms with van der Waals surface area (Å²) < 4.78 is 5.00. The van der Waals surface area contributed by atoms with Crippen LogP contribution in [0.4, 0.5) is 0 Å². The quantitative estimate of drug-likeness (QED) is 0.266. The minimum atomic E-state index is -1.03. The Hall–Kier alpha value is -5.30. The van der Waals surface area contributed by atoms with Crippen molar-refractivity contribution >= 4 is 35.1 Å². The van der Waals surface area contributed by atoms with Gasteiger partial charge in [-0.2, -0.15) is 0 Å². The van der Waals surface area contributed by atoms with Gasteiger partial charge >= 0.3 is 11.9 Å². The predicted molar refractivity (Wildman–Crippen MR) is 129 cm³/mol. The van der Waals surface area contributed by atoms with Crippen molar-refractivity contribution in [1.29, 1.82) is 0 Å². The SMILES string of the molecule is O=C(OC(=O)c1ccc2c(c1)C(=O)c1ccccc1C2=O)c1ccc2c(c1)C(=O)c1ccccc1C2=O. The van der Waals surface area contributed by atoms with Crippen LogP contribution in [0, 0.1) is 0 Å². The lowest BCUT2D eigenvalue weighted by atomic mass is 9.83. The van der Waals surface area contributed by atoms with E-state index in [0.717, 1.165) is 0 Å². The summed E-state index contributed by atoms with van der Waals surface area (Å²) in [5.41, 5.74) is 1.25. The first-order valence-corrected chi connectivity index (χ1v) is 11.3. The first-order chi connectivity index (χ1) is 17.8. The summed E-state index contributed by atoms with van der Waals surface area (Å²) in [6.07, 6.45) is 0. The second-order valence-electron chi connectivity index (χ2n) is 8.61. The number of hydrogen-bond acceptors (Lipinski definition) is 7. The fraction of sp³-hybridized carbons (Fsp3) is 0. The summed E-state index contributed by atoms with van der Waals surface area (Å²) >= 11 is 0. The van der Waals surface area contributed by atoms with Gasteiger partial charge in [0, 0.05) is 44.5 Å². The number of rotatable bonds is 2. The van der Waals surface area contributed by atoms with Crippen molar-refractivity contribution in [2.24, 2.45) is 0 Å². The van der Waals surface area contributed by atoms with Gasteiger partial charge in [-0.1, -0.05) is 48.5 Å². The minimum Gasteiger partial charge on any atom is -0.386 e. The number of carbonyl (C=O) groups excluding carboxylic acids is 6. The second kappa shape index (κ2) is 8.13. The first-order valence-electron chi connectivity index (χ1n) is 11.3. The normalized spacial score (nSPS) is 13.3. The van der Waals surface area contributed by atoms with Crippen LogP contribution in [0.2, 0.25) is 0 Å².